The summed E-state index contributed by atoms with van der Waals surface area (Å²) in [5, 5.41) is 9.89. The number of aryl methyl sites for hydroxylation is 3. The van der Waals surface area contributed by atoms with E-state index in [2.05, 4.69) is 4.98 Å². The van der Waals surface area contributed by atoms with E-state index in [9.17, 15) is 9.90 Å². The first-order chi connectivity index (χ1) is 15.3. The van der Waals surface area contributed by atoms with Crippen molar-refractivity contribution < 1.29 is 19.1 Å². The van der Waals surface area contributed by atoms with Crippen molar-refractivity contribution in [2.24, 2.45) is 0 Å². The first-order valence-electron chi connectivity index (χ1n) is 10.2. The lowest BCUT2D eigenvalue weighted by atomic mass is 9.84. The minimum Gasteiger partial charge on any atom is -0.496 e. The predicted octanol–water partition coefficient (Wildman–Crippen LogP) is 5.85. The zero-order chi connectivity index (χ0) is 23.0. The maximum absolute atomic E-state index is 12.1. The lowest BCUT2D eigenvalue weighted by Gasteiger charge is -2.22. The van der Waals surface area contributed by atoms with Crippen LogP contribution in [0.25, 0.3) is 15.6 Å². The fourth-order valence-electron chi connectivity index (χ4n) is 3.80. The summed E-state index contributed by atoms with van der Waals surface area (Å²) in [4.78, 5) is 18.2. The Morgan fingerprint density at radius 2 is 2.00 bits per heavy atom. The summed E-state index contributed by atoms with van der Waals surface area (Å²) in [6.45, 7) is 5.33. The third kappa shape index (κ3) is 3.73. The van der Waals surface area contributed by atoms with Crippen LogP contribution in [0, 0.1) is 11.6 Å². The van der Waals surface area contributed by atoms with Crippen molar-refractivity contribution in [3.8, 4) is 16.5 Å². The van der Waals surface area contributed by atoms with Gasteiger partial charge in [0.2, 0.25) is 5.89 Å². The first kappa shape index (κ1) is 22.2. The van der Waals surface area contributed by atoms with Gasteiger partial charge in [0.1, 0.15) is 26.4 Å². The highest BCUT2D eigenvalue weighted by Crippen LogP contribution is 2.37. The number of rotatable bonds is 7. The number of ether oxygens (including phenoxy) is 1. The Balaban J connectivity index is 1.92. The van der Waals surface area contributed by atoms with Crippen molar-refractivity contribution in [3.63, 3.8) is 0 Å². The van der Waals surface area contributed by atoms with Gasteiger partial charge in [0.15, 0.2) is 0 Å². The number of hydrogen-bond acceptors (Lipinski definition) is 6. The van der Waals surface area contributed by atoms with E-state index in [-0.39, 0.29) is 0 Å². The molecule has 8 heteroatoms. The Labute approximate surface area is 195 Å². The fraction of sp³-hybridized carbons (Fsp3) is 0.292. The van der Waals surface area contributed by atoms with Crippen molar-refractivity contribution in [1.29, 1.82) is 0 Å². The van der Waals surface area contributed by atoms with Crippen LogP contribution >= 0.6 is 23.6 Å². The largest absolute Gasteiger partial charge is 0.496 e. The van der Waals surface area contributed by atoms with Crippen LogP contribution in [-0.4, -0.2) is 27.6 Å². The molecular weight excluding hydrogens is 444 g/mol. The number of aromatic nitrogens is 2. The molecule has 0 spiro atoms. The van der Waals surface area contributed by atoms with Gasteiger partial charge in [0.25, 0.3) is 0 Å². The molecule has 0 aliphatic heterocycles. The molecule has 32 heavy (non-hydrogen) atoms. The molecule has 0 saturated heterocycles. The van der Waals surface area contributed by atoms with E-state index in [4.69, 9.17) is 21.4 Å². The Kier molecular flexibility index (Phi) is 5.92. The summed E-state index contributed by atoms with van der Waals surface area (Å²) in [5.41, 5.74) is 2.50. The number of carboxylic acid groups (broad SMARTS) is 1. The summed E-state index contributed by atoms with van der Waals surface area (Å²) >= 11 is 7.36. The second kappa shape index (κ2) is 8.52. The maximum atomic E-state index is 12.1. The number of hydrogen-bond donors (Lipinski definition) is 1. The highest BCUT2D eigenvalue weighted by Gasteiger charge is 2.33. The molecule has 0 unspecified atom stereocenters. The molecule has 4 rings (SSSR count). The number of carboxylic acids is 1. The van der Waals surface area contributed by atoms with Crippen LogP contribution in [0.2, 0.25) is 0 Å². The van der Waals surface area contributed by atoms with Gasteiger partial charge in [-0.25, -0.2) is 4.98 Å². The fourth-order valence-corrected chi connectivity index (χ4v) is 5.63. The summed E-state index contributed by atoms with van der Waals surface area (Å²) in [7, 11) is 1.66. The van der Waals surface area contributed by atoms with E-state index in [0.29, 0.717) is 22.5 Å². The van der Waals surface area contributed by atoms with Crippen molar-refractivity contribution in [2.75, 3.05) is 7.11 Å². The lowest BCUT2D eigenvalue weighted by Crippen LogP contribution is -2.29. The summed E-state index contributed by atoms with van der Waals surface area (Å²) in [5.74, 6) is 0.450. The van der Waals surface area contributed by atoms with Gasteiger partial charge in [-0.05, 0) is 56.9 Å². The molecule has 1 N–H and O–H groups in total. The zero-order valence-corrected chi connectivity index (χ0v) is 20.0. The van der Waals surface area contributed by atoms with Gasteiger partial charge in [-0.1, -0.05) is 30.4 Å². The van der Waals surface area contributed by atoms with Crippen LogP contribution in [0.4, 0.5) is 0 Å². The average Bonchev–Trinajstić information content (AvgIpc) is 3.41. The predicted molar refractivity (Wildman–Crippen MR) is 127 cm³/mol. The molecule has 4 aromatic rings. The molecule has 6 nitrogen and oxygen atoms in total. The number of para-hydroxylation sites is 1. The van der Waals surface area contributed by atoms with E-state index >= 15 is 0 Å². The normalized spacial score (nSPS) is 11.8. The minimum atomic E-state index is -1.13. The minimum absolute atomic E-state index is 0.500. The van der Waals surface area contributed by atoms with Crippen LogP contribution < -0.4 is 4.74 Å². The molecule has 166 valence electrons. The molecule has 0 amide bonds. The molecule has 0 fully saturated rings. The topological polar surface area (TPSA) is 77.0 Å². The van der Waals surface area contributed by atoms with E-state index in [0.717, 1.165) is 38.7 Å². The Morgan fingerprint density at radius 1 is 1.28 bits per heavy atom. The van der Waals surface area contributed by atoms with Gasteiger partial charge in [0, 0.05) is 11.3 Å². The Morgan fingerprint density at radius 3 is 2.66 bits per heavy atom. The molecule has 0 atom stereocenters. The highest BCUT2D eigenvalue weighted by atomic mass is 32.1. The summed E-state index contributed by atoms with van der Waals surface area (Å²) in [6, 6.07) is 9.88. The number of aliphatic carboxylic acids is 1. The third-order valence-corrected chi connectivity index (χ3v) is 7.50. The third-order valence-electron chi connectivity index (χ3n) is 5.78. The van der Waals surface area contributed by atoms with Crippen LogP contribution in [-0.2, 0) is 23.1 Å². The highest BCUT2D eigenvalue weighted by molar-refractivity contribution is 7.71. The van der Waals surface area contributed by atoms with Crippen molar-refractivity contribution in [3.05, 3.63) is 69.8 Å². The van der Waals surface area contributed by atoms with Crippen LogP contribution in [0.5, 0.6) is 5.75 Å². The first-order valence-corrected chi connectivity index (χ1v) is 11.4. The molecule has 0 bridgehead atoms. The molecule has 0 aliphatic carbocycles. The number of carbonyl (C=O) groups is 1. The number of fused-ring (bicyclic) bond motifs is 1. The number of oxazole rings is 1. The monoisotopic (exact) mass is 468 g/mol. The van der Waals surface area contributed by atoms with Crippen LogP contribution in [0.1, 0.15) is 36.2 Å². The Bertz CT molecular complexity index is 1350. The van der Waals surface area contributed by atoms with Crippen LogP contribution in [0.3, 0.4) is 0 Å². The number of benzene rings is 1. The van der Waals surface area contributed by atoms with Crippen molar-refractivity contribution in [2.45, 2.75) is 39.0 Å². The lowest BCUT2D eigenvalue weighted by molar-refractivity contribution is -0.142. The summed E-state index contributed by atoms with van der Waals surface area (Å²) in [6.07, 6.45) is 4.60. The number of methoxy groups -OCH3 is 1. The van der Waals surface area contributed by atoms with E-state index in [1.54, 1.807) is 44.8 Å². The van der Waals surface area contributed by atoms with Gasteiger partial charge in [-0.15, -0.1) is 11.3 Å². The zero-order valence-electron chi connectivity index (χ0n) is 18.3. The SMILES string of the molecule is COc1ccccc1CCc1cc(C(C)(C)C(=O)O)c(=S)n2c(C)c(-c3ncco3)sc12. The maximum Gasteiger partial charge on any atom is 0.313 e. The molecular formula is C24H24N2O4S2. The van der Waals surface area contributed by atoms with Gasteiger partial charge in [0.05, 0.1) is 18.7 Å². The van der Waals surface area contributed by atoms with Crippen LogP contribution in [0.15, 0.2) is 47.2 Å². The second-order valence-electron chi connectivity index (χ2n) is 8.12. The van der Waals surface area contributed by atoms with Gasteiger partial charge in [-0.2, -0.15) is 0 Å². The molecule has 3 aromatic heterocycles. The number of pyridine rings is 1. The quantitative estimate of drug-likeness (QED) is 0.343. The molecule has 0 saturated carbocycles. The number of nitrogens with zero attached hydrogens (tertiary/aromatic N) is 2. The van der Waals surface area contributed by atoms with Gasteiger partial charge in [-0.3, -0.25) is 9.20 Å². The number of thiazole rings is 1. The van der Waals surface area contributed by atoms with Gasteiger partial charge >= 0.3 is 5.97 Å². The average molecular weight is 469 g/mol. The van der Waals surface area contributed by atoms with E-state index < -0.39 is 11.4 Å². The second-order valence-corrected chi connectivity index (χ2v) is 9.51. The molecule has 0 radical (unpaired) electrons. The molecule has 3 heterocycles. The van der Waals surface area contributed by atoms with E-state index in [1.807, 2.05) is 41.7 Å². The molecule has 1 aromatic carbocycles. The smallest absolute Gasteiger partial charge is 0.313 e. The summed E-state index contributed by atoms with van der Waals surface area (Å²) < 4.78 is 13.5. The van der Waals surface area contributed by atoms with Gasteiger partial charge < -0.3 is 14.3 Å². The van der Waals surface area contributed by atoms with Crippen molar-refractivity contribution >= 4 is 34.4 Å². The Hall–Kier alpha value is -2.97. The molecule has 0 aliphatic rings. The standard InChI is InChI=1S/C24H24N2O4S2/c1-14-19(20-25-11-12-30-20)32-22-16(10-9-15-7-5-6-8-18(15)29-4)13-17(21(31)26(14)22)24(2,3)23(27)28/h5-8,11-13H,9-10H2,1-4H3,(H,27,28). The van der Waals surface area contributed by atoms with E-state index in [1.165, 1.54) is 0 Å². The van der Waals surface area contributed by atoms with Crippen molar-refractivity contribution in [1.82, 2.24) is 9.38 Å².